The molecule has 0 bridgehead atoms. The number of aliphatic carboxylic acids is 1. The topological polar surface area (TPSA) is 57.5 Å². The minimum Gasteiger partial charge on any atom is -0.479 e. The Morgan fingerprint density at radius 1 is 0.926 bits per heavy atom. The largest absolute Gasteiger partial charge is 0.479 e. The van der Waals surface area contributed by atoms with Gasteiger partial charge in [-0.25, -0.2) is 4.79 Å². The molecule has 152 valence electrons. The smallest absolute Gasteiger partial charge is 0.332 e. The summed E-state index contributed by atoms with van der Waals surface area (Å²) >= 11 is 0. The molecule has 0 amide bonds. The molecule has 0 aromatic rings. The number of aliphatic hydroxyl groups excluding tert-OH is 1. The summed E-state index contributed by atoms with van der Waals surface area (Å²) in [6, 6.07) is 0. The number of aliphatic hydroxyl groups is 1. The van der Waals surface area contributed by atoms with E-state index in [-0.39, 0.29) is 5.92 Å². The monoisotopic (exact) mass is 374 g/mol. The molecule has 5 aliphatic rings. The second-order valence-electron chi connectivity index (χ2n) is 11.3. The van der Waals surface area contributed by atoms with Crippen LogP contribution < -0.4 is 0 Å². The number of hydrogen-bond acceptors (Lipinski definition) is 2. The van der Waals surface area contributed by atoms with Crippen LogP contribution in [0.2, 0.25) is 0 Å². The van der Waals surface area contributed by atoms with Crippen molar-refractivity contribution in [3.8, 4) is 0 Å². The van der Waals surface area contributed by atoms with Gasteiger partial charge in [0.25, 0.3) is 0 Å². The summed E-state index contributed by atoms with van der Waals surface area (Å²) in [5.41, 5.74) is 0. The summed E-state index contributed by atoms with van der Waals surface area (Å²) in [7, 11) is 0. The van der Waals surface area contributed by atoms with Crippen molar-refractivity contribution in [2.45, 2.75) is 71.8 Å². The van der Waals surface area contributed by atoms with E-state index in [4.69, 9.17) is 0 Å². The molecule has 0 saturated heterocycles. The van der Waals surface area contributed by atoms with Crippen molar-refractivity contribution in [3.05, 3.63) is 0 Å². The fourth-order valence-corrected chi connectivity index (χ4v) is 9.92. The molecular weight excluding hydrogens is 336 g/mol. The zero-order valence-electron chi connectivity index (χ0n) is 17.3. The van der Waals surface area contributed by atoms with E-state index in [9.17, 15) is 15.0 Å². The van der Waals surface area contributed by atoms with Gasteiger partial charge < -0.3 is 10.2 Å². The zero-order chi connectivity index (χ0) is 19.0. The third kappa shape index (κ3) is 2.52. The van der Waals surface area contributed by atoms with Crippen LogP contribution in [0.1, 0.15) is 65.7 Å². The molecule has 2 N–H and O–H groups in total. The van der Waals surface area contributed by atoms with Crippen LogP contribution >= 0.6 is 0 Å². The van der Waals surface area contributed by atoms with E-state index in [2.05, 4.69) is 20.8 Å². The molecule has 0 aliphatic heterocycles. The number of carbonyl (C=O) groups is 1. The van der Waals surface area contributed by atoms with Gasteiger partial charge in [0.1, 0.15) is 0 Å². The molecular formula is C24H38O3. The highest BCUT2D eigenvalue weighted by Crippen LogP contribution is 2.70. The highest BCUT2D eigenvalue weighted by Gasteiger charge is 2.66. The van der Waals surface area contributed by atoms with Crippen LogP contribution in [-0.4, -0.2) is 22.3 Å². The lowest BCUT2D eigenvalue weighted by atomic mass is 9.41. The predicted molar refractivity (Wildman–Crippen MR) is 105 cm³/mol. The Bertz CT molecular complexity index is 602. The summed E-state index contributed by atoms with van der Waals surface area (Å²) < 4.78 is 0. The molecule has 0 aromatic heterocycles. The van der Waals surface area contributed by atoms with Gasteiger partial charge in [0, 0.05) is 5.92 Å². The Hall–Kier alpha value is -0.570. The van der Waals surface area contributed by atoms with Gasteiger partial charge in [0.15, 0.2) is 6.10 Å². The van der Waals surface area contributed by atoms with Crippen molar-refractivity contribution in [1.82, 2.24) is 0 Å². The van der Waals surface area contributed by atoms with Gasteiger partial charge in [-0.15, -0.1) is 0 Å². The minimum absolute atomic E-state index is 0.000746. The highest BCUT2D eigenvalue weighted by atomic mass is 16.4. The first kappa shape index (κ1) is 18.5. The fraction of sp³-hybridized carbons (Fsp3) is 0.958. The van der Waals surface area contributed by atoms with Crippen LogP contribution in [-0.2, 0) is 4.79 Å². The Balaban J connectivity index is 1.61. The Morgan fingerprint density at radius 3 is 2.26 bits per heavy atom. The van der Waals surface area contributed by atoms with Crippen LogP contribution in [0.4, 0.5) is 0 Å². The van der Waals surface area contributed by atoms with Gasteiger partial charge in [-0.2, -0.15) is 0 Å². The van der Waals surface area contributed by atoms with E-state index in [1.165, 1.54) is 32.1 Å². The van der Waals surface area contributed by atoms with Crippen LogP contribution in [0.3, 0.4) is 0 Å². The van der Waals surface area contributed by atoms with Crippen molar-refractivity contribution >= 4 is 5.97 Å². The molecule has 5 fully saturated rings. The Labute approximate surface area is 164 Å². The molecule has 0 aromatic carbocycles. The molecule has 3 nitrogen and oxygen atoms in total. The zero-order valence-corrected chi connectivity index (χ0v) is 17.3. The maximum absolute atomic E-state index is 11.9. The van der Waals surface area contributed by atoms with E-state index >= 15 is 0 Å². The average molecular weight is 375 g/mol. The number of rotatable bonds is 3. The number of carboxylic acid groups (broad SMARTS) is 1. The lowest BCUT2D eigenvalue weighted by molar-refractivity contribution is -0.186. The van der Waals surface area contributed by atoms with E-state index in [1.54, 1.807) is 0 Å². The van der Waals surface area contributed by atoms with Crippen LogP contribution in [0.15, 0.2) is 0 Å². The van der Waals surface area contributed by atoms with E-state index in [0.717, 1.165) is 42.4 Å². The average Bonchev–Trinajstić information content (AvgIpc) is 2.98. The van der Waals surface area contributed by atoms with Gasteiger partial charge in [0.2, 0.25) is 0 Å². The molecule has 0 radical (unpaired) electrons. The SMILES string of the molecule is CCC1CC2CCC3CC(C)CC4C(C(O)C(=O)O)C5CC(C)C1C5C2C34. The van der Waals surface area contributed by atoms with Crippen molar-refractivity contribution < 1.29 is 15.0 Å². The van der Waals surface area contributed by atoms with Gasteiger partial charge in [-0.05, 0) is 104 Å². The number of carboxylic acids is 1. The molecule has 5 rings (SSSR count). The minimum atomic E-state index is -1.15. The van der Waals surface area contributed by atoms with Crippen molar-refractivity contribution in [2.75, 3.05) is 0 Å². The highest BCUT2D eigenvalue weighted by molar-refractivity contribution is 5.72. The molecule has 13 unspecified atom stereocenters. The second-order valence-corrected chi connectivity index (χ2v) is 11.3. The summed E-state index contributed by atoms with van der Waals surface area (Å²) in [4.78, 5) is 11.9. The van der Waals surface area contributed by atoms with E-state index in [0.29, 0.717) is 35.5 Å². The molecule has 13 atom stereocenters. The Morgan fingerprint density at radius 2 is 1.59 bits per heavy atom. The quantitative estimate of drug-likeness (QED) is 0.754. The lowest BCUT2D eigenvalue weighted by Crippen LogP contribution is -2.60. The van der Waals surface area contributed by atoms with Crippen LogP contribution in [0.5, 0.6) is 0 Å². The van der Waals surface area contributed by atoms with Crippen LogP contribution in [0.25, 0.3) is 0 Å². The predicted octanol–water partition coefficient (Wildman–Crippen LogP) is 4.68. The van der Waals surface area contributed by atoms with Crippen molar-refractivity contribution in [1.29, 1.82) is 0 Å². The third-order valence-electron chi connectivity index (χ3n) is 10.3. The molecule has 27 heavy (non-hydrogen) atoms. The van der Waals surface area contributed by atoms with Gasteiger partial charge in [0.05, 0.1) is 0 Å². The number of hydrogen-bond donors (Lipinski definition) is 2. The molecule has 5 aliphatic carbocycles. The first-order valence-electron chi connectivity index (χ1n) is 11.8. The second kappa shape index (κ2) is 6.47. The summed E-state index contributed by atoms with van der Waals surface area (Å²) in [5.74, 6) is 6.82. The standard InChI is InChI=1S/C24H38O3/c1-4-13-10-15-6-5-14-7-11(2)8-16-19(14)20(15)22-17(9-12(3)18(13)22)21(16)23(25)24(26)27/h11-23,25H,4-10H2,1-3H3,(H,26,27). The van der Waals surface area contributed by atoms with Crippen molar-refractivity contribution in [2.24, 2.45) is 71.0 Å². The van der Waals surface area contributed by atoms with E-state index in [1.807, 2.05) is 0 Å². The maximum Gasteiger partial charge on any atom is 0.332 e. The maximum atomic E-state index is 11.9. The molecule has 3 heteroatoms. The van der Waals surface area contributed by atoms with Gasteiger partial charge in [-0.3, -0.25) is 0 Å². The summed E-state index contributed by atoms with van der Waals surface area (Å²) in [5, 5.41) is 20.6. The first-order chi connectivity index (χ1) is 12.9. The fourth-order valence-electron chi connectivity index (χ4n) is 9.92. The third-order valence-corrected chi connectivity index (χ3v) is 10.3. The van der Waals surface area contributed by atoms with Gasteiger partial charge in [-0.1, -0.05) is 27.2 Å². The lowest BCUT2D eigenvalue weighted by Gasteiger charge is -2.64. The van der Waals surface area contributed by atoms with Crippen LogP contribution in [0, 0.1) is 71.0 Å². The van der Waals surface area contributed by atoms with Crippen molar-refractivity contribution in [3.63, 3.8) is 0 Å². The Kier molecular flexibility index (Phi) is 4.42. The summed E-state index contributed by atoms with van der Waals surface area (Å²) in [6.07, 6.45) is 7.98. The molecule has 0 heterocycles. The molecule has 5 saturated carbocycles. The first-order valence-corrected chi connectivity index (χ1v) is 11.8. The molecule has 0 spiro atoms. The van der Waals surface area contributed by atoms with E-state index < -0.39 is 12.1 Å². The van der Waals surface area contributed by atoms with Gasteiger partial charge >= 0.3 is 5.97 Å². The summed E-state index contributed by atoms with van der Waals surface area (Å²) in [6.45, 7) is 7.17. The normalized spacial score (nSPS) is 57.0.